The Morgan fingerprint density at radius 2 is 1.70 bits per heavy atom. The Morgan fingerprint density at radius 3 is 2.30 bits per heavy atom. The van der Waals surface area contributed by atoms with E-state index in [0.29, 0.717) is 5.92 Å². The summed E-state index contributed by atoms with van der Waals surface area (Å²) >= 11 is 8.51. The van der Waals surface area contributed by atoms with Gasteiger partial charge in [-0.1, -0.05) is 67.7 Å². The Kier molecular flexibility index (Phi) is 9.58. The average molecular weight is 343 g/mol. The van der Waals surface area contributed by atoms with Crippen LogP contribution in [0.1, 0.15) is 38.7 Å². The largest absolute Gasteiger partial charge is 0.148 e. The summed E-state index contributed by atoms with van der Waals surface area (Å²) in [4.78, 5) is 2.13. The van der Waals surface area contributed by atoms with E-state index in [2.05, 4.69) is 80.8 Å². The quantitative estimate of drug-likeness (QED) is 0.432. The highest BCUT2D eigenvalue weighted by molar-refractivity contribution is 7.84. The lowest BCUT2D eigenvalue weighted by Crippen LogP contribution is -1.87. The van der Waals surface area contributed by atoms with Gasteiger partial charge in [0.1, 0.15) is 0 Å². The second-order valence-corrected chi connectivity index (χ2v) is 6.43. The summed E-state index contributed by atoms with van der Waals surface area (Å²) in [5.74, 6) is 0.504. The molecule has 1 atom stereocenters. The molecule has 0 bridgehead atoms. The fourth-order valence-corrected chi connectivity index (χ4v) is 2.44. The third-order valence-corrected chi connectivity index (χ3v) is 3.99. The van der Waals surface area contributed by atoms with Gasteiger partial charge in [0.25, 0.3) is 0 Å². The summed E-state index contributed by atoms with van der Waals surface area (Å²) in [6.07, 6.45) is 17.7. The molecule has 122 valence electrons. The lowest BCUT2D eigenvalue weighted by Gasteiger charge is -2.05. The molecule has 0 saturated carbocycles. The van der Waals surface area contributed by atoms with Gasteiger partial charge in [-0.05, 0) is 54.4 Å². The van der Waals surface area contributed by atoms with Crippen molar-refractivity contribution < 1.29 is 0 Å². The molecule has 2 heteroatoms. The van der Waals surface area contributed by atoms with Gasteiger partial charge in [0, 0.05) is 4.90 Å². The van der Waals surface area contributed by atoms with Gasteiger partial charge in [0.15, 0.2) is 0 Å². The number of hydrogen-bond donors (Lipinski definition) is 2. The van der Waals surface area contributed by atoms with Gasteiger partial charge in [-0.15, -0.1) is 25.3 Å². The van der Waals surface area contributed by atoms with E-state index in [4.69, 9.17) is 0 Å². The van der Waals surface area contributed by atoms with Crippen molar-refractivity contribution in [2.24, 2.45) is 0 Å². The molecule has 0 nitrogen and oxygen atoms in total. The van der Waals surface area contributed by atoms with Crippen molar-refractivity contribution in [1.82, 2.24) is 0 Å². The van der Waals surface area contributed by atoms with E-state index in [1.807, 2.05) is 38.1 Å². The van der Waals surface area contributed by atoms with E-state index in [1.54, 1.807) is 0 Å². The predicted octanol–water partition coefficient (Wildman–Crippen LogP) is 6.92. The lowest BCUT2D eigenvalue weighted by atomic mass is 10.0. The topological polar surface area (TPSA) is 0 Å². The Bertz CT molecular complexity index is 614. The van der Waals surface area contributed by atoms with Gasteiger partial charge < -0.3 is 0 Å². The Balaban J connectivity index is 0.000000231. The summed E-state index contributed by atoms with van der Waals surface area (Å²) in [7, 11) is 0. The molecule has 1 aliphatic carbocycles. The highest BCUT2D eigenvalue weighted by Crippen LogP contribution is 2.18. The molecule has 2 rings (SSSR count). The second-order valence-electron chi connectivity index (χ2n) is 5.34. The highest BCUT2D eigenvalue weighted by Gasteiger charge is 1.98. The Labute approximate surface area is 152 Å². The predicted molar refractivity (Wildman–Crippen MR) is 111 cm³/mol. The SMILES string of the molecule is C/C=C/C1=CC=C(S)CC=C1.C/C=C\C(C)c1ccc(S)cc1. The van der Waals surface area contributed by atoms with Crippen LogP contribution in [-0.4, -0.2) is 0 Å². The molecule has 1 aromatic rings. The molecule has 0 heterocycles. The molecule has 0 amide bonds. The van der Waals surface area contributed by atoms with Gasteiger partial charge in [0.05, 0.1) is 0 Å². The zero-order valence-corrected chi connectivity index (χ0v) is 15.9. The first-order chi connectivity index (χ1) is 11.1. The fourth-order valence-electron chi connectivity index (χ4n) is 2.11. The van der Waals surface area contributed by atoms with Crippen LogP contribution in [0.3, 0.4) is 0 Å². The van der Waals surface area contributed by atoms with E-state index in [1.165, 1.54) is 11.1 Å². The van der Waals surface area contributed by atoms with E-state index in [0.717, 1.165) is 16.2 Å². The molecule has 1 aliphatic rings. The average Bonchev–Trinajstić information content (AvgIpc) is 2.74. The highest BCUT2D eigenvalue weighted by atomic mass is 32.1. The summed E-state index contributed by atoms with van der Waals surface area (Å²) in [6.45, 7) is 6.25. The van der Waals surface area contributed by atoms with Crippen LogP contribution in [0.25, 0.3) is 0 Å². The minimum atomic E-state index is 0.504. The van der Waals surface area contributed by atoms with Crippen LogP contribution < -0.4 is 0 Å². The third-order valence-electron chi connectivity index (χ3n) is 3.36. The lowest BCUT2D eigenvalue weighted by molar-refractivity contribution is 0.962. The number of hydrogen-bond acceptors (Lipinski definition) is 2. The van der Waals surface area contributed by atoms with Crippen molar-refractivity contribution in [2.45, 2.75) is 38.0 Å². The smallest absolute Gasteiger partial charge is 0.00401 e. The van der Waals surface area contributed by atoms with E-state index < -0.39 is 0 Å². The number of thiol groups is 2. The zero-order valence-electron chi connectivity index (χ0n) is 14.1. The molecule has 0 spiro atoms. The maximum absolute atomic E-state index is 4.28. The van der Waals surface area contributed by atoms with E-state index in [9.17, 15) is 0 Å². The van der Waals surface area contributed by atoms with Crippen molar-refractivity contribution >= 4 is 25.3 Å². The normalized spacial score (nSPS) is 15.7. The molecule has 0 radical (unpaired) electrons. The van der Waals surface area contributed by atoms with Crippen molar-refractivity contribution in [1.29, 1.82) is 0 Å². The maximum Gasteiger partial charge on any atom is 0.00401 e. The number of rotatable bonds is 3. The van der Waals surface area contributed by atoms with Crippen molar-refractivity contribution in [3.8, 4) is 0 Å². The summed E-state index contributed by atoms with van der Waals surface area (Å²) < 4.78 is 0. The van der Waals surface area contributed by atoms with Crippen LogP contribution in [0.4, 0.5) is 0 Å². The molecule has 23 heavy (non-hydrogen) atoms. The summed E-state index contributed by atoms with van der Waals surface area (Å²) in [6, 6.07) is 8.29. The van der Waals surface area contributed by atoms with Gasteiger partial charge in [-0.2, -0.15) is 0 Å². The van der Waals surface area contributed by atoms with E-state index in [-0.39, 0.29) is 0 Å². The van der Waals surface area contributed by atoms with Crippen LogP contribution in [0.15, 0.2) is 88.2 Å². The third kappa shape index (κ3) is 8.15. The first kappa shape index (κ1) is 19.7. The number of allylic oxidation sites excluding steroid dienone is 10. The van der Waals surface area contributed by atoms with E-state index >= 15 is 0 Å². The van der Waals surface area contributed by atoms with Gasteiger partial charge in [-0.25, -0.2) is 0 Å². The molecule has 0 saturated heterocycles. The second kappa shape index (κ2) is 11.2. The maximum atomic E-state index is 4.28. The fraction of sp³-hybridized carbons (Fsp3) is 0.238. The summed E-state index contributed by atoms with van der Waals surface area (Å²) in [5, 5.41) is 0. The monoisotopic (exact) mass is 342 g/mol. The number of benzene rings is 1. The van der Waals surface area contributed by atoms with Crippen LogP contribution in [-0.2, 0) is 0 Å². The standard InChI is InChI=1S/C11H14S.C10H12S/c1-3-4-9(2)10-5-7-11(12)8-6-10;1-2-4-9-5-3-6-10(11)8-7-9/h3-9,12H,1-2H3;2-5,7-8,11H,6H2,1H3/b4-3-;4-2+. The van der Waals surface area contributed by atoms with Crippen LogP contribution >= 0.6 is 25.3 Å². The molecular formula is C21H26S2. The molecule has 1 unspecified atom stereocenters. The van der Waals surface area contributed by atoms with Gasteiger partial charge in [0.2, 0.25) is 0 Å². The first-order valence-corrected chi connectivity index (χ1v) is 8.77. The molecule has 0 aromatic heterocycles. The van der Waals surface area contributed by atoms with Crippen LogP contribution in [0, 0.1) is 0 Å². The molecule has 1 aromatic carbocycles. The first-order valence-electron chi connectivity index (χ1n) is 7.87. The van der Waals surface area contributed by atoms with Gasteiger partial charge >= 0.3 is 0 Å². The minimum absolute atomic E-state index is 0.504. The van der Waals surface area contributed by atoms with Crippen molar-refractivity contribution in [3.05, 3.63) is 88.9 Å². The Morgan fingerprint density at radius 1 is 1.00 bits per heavy atom. The molecule has 0 fully saturated rings. The van der Waals surface area contributed by atoms with Crippen molar-refractivity contribution in [2.75, 3.05) is 0 Å². The van der Waals surface area contributed by atoms with Crippen molar-refractivity contribution in [3.63, 3.8) is 0 Å². The molecule has 0 aliphatic heterocycles. The Hall–Kier alpha value is -1.38. The van der Waals surface area contributed by atoms with Crippen LogP contribution in [0.5, 0.6) is 0 Å². The summed E-state index contributed by atoms with van der Waals surface area (Å²) in [5.41, 5.74) is 2.57. The van der Waals surface area contributed by atoms with Crippen LogP contribution in [0.2, 0.25) is 0 Å². The zero-order chi connectivity index (χ0) is 17.1. The molecule has 0 N–H and O–H groups in total. The molecular weight excluding hydrogens is 316 g/mol. The minimum Gasteiger partial charge on any atom is -0.148 e. The van der Waals surface area contributed by atoms with Gasteiger partial charge in [-0.3, -0.25) is 0 Å².